The number of hydrogen-bond donors (Lipinski definition) is 2. The Bertz CT molecular complexity index is 683. The Morgan fingerprint density at radius 2 is 2.14 bits per heavy atom. The maximum atomic E-state index is 11.8. The Kier molecular flexibility index (Phi) is 4.98. The van der Waals surface area contributed by atoms with Crippen molar-refractivity contribution in [2.45, 2.75) is 6.92 Å². The molecule has 2 rings (SSSR count). The number of carboxylic acids is 1. The van der Waals surface area contributed by atoms with Gasteiger partial charge in [-0.25, -0.2) is 4.79 Å². The molecule has 0 spiro atoms. The lowest BCUT2D eigenvalue weighted by Gasteiger charge is -2.06. The van der Waals surface area contributed by atoms with Crippen LogP contribution >= 0.6 is 27.3 Å². The summed E-state index contributed by atoms with van der Waals surface area (Å²) in [6.07, 6.45) is 0. The van der Waals surface area contributed by atoms with Crippen molar-refractivity contribution in [1.82, 2.24) is 0 Å². The van der Waals surface area contributed by atoms with Crippen LogP contribution in [0.1, 0.15) is 15.2 Å². The van der Waals surface area contributed by atoms with Crippen LogP contribution in [0.25, 0.3) is 0 Å². The first-order valence-corrected chi connectivity index (χ1v) is 7.58. The molecule has 0 radical (unpaired) electrons. The van der Waals surface area contributed by atoms with Crippen LogP contribution in [-0.2, 0) is 4.79 Å². The van der Waals surface area contributed by atoms with Crippen LogP contribution < -0.4 is 10.1 Å². The predicted octanol–water partition coefficient (Wildman–Crippen LogP) is 3.53. The minimum Gasteiger partial charge on any atom is -0.484 e. The number of aryl methyl sites for hydroxylation is 1. The van der Waals surface area contributed by atoms with E-state index >= 15 is 0 Å². The summed E-state index contributed by atoms with van der Waals surface area (Å²) in [6.45, 7) is 1.55. The highest BCUT2D eigenvalue weighted by molar-refractivity contribution is 9.10. The minimum atomic E-state index is -0.997. The van der Waals surface area contributed by atoms with Crippen molar-refractivity contribution in [1.29, 1.82) is 0 Å². The number of carboxylic acid groups (broad SMARTS) is 1. The number of rotatable bonds is 5. The van der Waals surface area contributed by atoms with Gasteiger partial charge < -0.3 is 15.2 Å². The van der Waals surface area contributed by atoms with Crippen molar-refractivity contribution in [2.75, 3.05) is 11.9 Å². The standard InChI is InChI=1S/C14H12BrNO4S/c1-8-5-12(21-13(8)14(18)19)16-11(17)7-20-10-4-2-3-9(15)6-10/h2-6H,7H2,1H3,(H,16,17)(H,18,19). The van der Waals surface area contributed by atoms with E-state index in [9.17, 15) is 9.59 Å². The summed E-state index contributed by atoms with van der Waals surface area (Å²) in [4.78, 5) is 22.9. The normalized spacial score (nSPS) is 10.2. The Labute approximate surface area is 133 Å². The molecule has 0 aliphatic rings. The van der Waals surface area contributed by atoms with Gasteiger partial charge in [0.25, 0.3) is 5.91 Å². The molecule has 1 heterocycles. The summed E-state index contributed by atoms with van der Waals surface area (Å²) in [7, 11) is 0. The van der Waals surface area contributed by atoms with Crippen LogP contribution in [0.2, 0.25) is 0 Å². The van der Waals surface area contributed by atoms with Crippen molar-refractivity contribution >= 4 is 44.1 Å². The number of thiophene rings is 1. The summed E-state index contributed by atoms with van der Waals surface area (Å²) in [6, 6.07) is 8.79. The third-order valence-corrected chi connectivity index (χ3v) is 4.17. The van der Waals surface area contributed by atoms with E-state index in [-0.39, 0.29) is 17.4 Å². The molecule has 0 atom stereocenters. The van der Waals surface area contributed by atoms with E-state index in [0.29, 0.717) is 16.3 Å². The fraction of sp³-hybridized carbons (Fsp3) is 0.143. The van der Waals surface area contributed by atoms with Gasteiger partial charge in [0, 0.05) is 4.47 Å². The molecule has 5 nitrogen and oxygen atoms in total. The maximum absolute atomic E-state index is 11.8. The van der Waals surface area contributed by atoms with E-state index in [1.807, 2.05) is 6.07 Å². The van der Waals surface area contributed by atoms with Crippen LogP contribution in [0.15, 0.2) is 34.8 Å². The molecule has 0 unspecified atom stereocenters. The number of halogens is 1. The molecule has 2 aromatic rings. The Hall–Kier alpha value is -1.86. The highest BCUT2D eigenvalue weighted by atomic mass is 79.9. The molecule has 1 aromatic carbocycles. The van der Waals surface area contributed by atoms with Crippen LogP contribution in [0, 0.1) is 6.92 Å². The number of benzene rings is 1. The van der Waals surface area contributed by atoms with Crippen LogP contribution in [0.3, 0.4) is 0 Å². The van der Waals surface area contributed by atoms with Gasteiger partial charge in [0.05, 0.1) is 5.00 Å². The molecule has 7 heteroatoms. The van der Waals surface area contributed by atoms with Crippen molar-refractivity contribution in [3.63, 3.8) is 0 Å². The largest absolute Gasteiger partial charge is 0.484 e. The number of ether oxygens (including phenoxy) is 1. The lowest BCUT2D eigenvalue weighted by molar-refractivity contribution is -0.118. The zero-order valence-corrected chi connectivity index (χ0v) is 13.5. The molecule has 110 valence electrons. The first-order valence-electron chi connectivity index (χ1n) is 5.97. The fourth-order valence-corrected chi connectivity index (χ4v) is 2.94. The van der Waals surface area contributed by atoms with E-state index in [2.05, 4.69) is 21.2 Å². The van der Waals surface area contributed by atoms with Crippen molar-refractivity contribution in [2.24, 2.45) is 0 Å². The number of anilines is 1. The van der Waals surface area contributed by atoms with Gasteiger partial charge in [-0.15, -0.1) is 11.3 Å². The second-order valence-corrected chi connectivity index (χ2v) is 6.19. The zero-order chi connectivity index (χ0) is 15.4. The molecule has 0 aliphatic heterocycles. The number of carbonyl (C=O) groups excluding carboxylic acids is 1. The van der Waals surface area contributed by atoms with Gasteiger partial charge in [0.15, 0.2) is 6.61 Å². The van der Waals surface area contributed by atoms with Crippen molar-refractivity contribution < 1.29 is 19.4 Å². The average Bonchev–Trinajstić information content (AvgIpc) is 2.77. The zero-order valence-electron chi connectivity index (χ0n) is 11.1. The molecule has 0 saturated carbocycles. The highest BCUT2D eigenvalue weighted by Gasteiger charge is 2.13. The third kappa shape index (κ3) is 4.30. The highest BCUT2D eigenvalue weighted by Crippen LogP contribution is 2.26. The topological polar surface area (TPSA) is 75.6 Å². The molecule has 0 fully saturated rings. The summed E-state index contributed by atoms with van der Waals surface area (Å²) < 4.78 is 6.21. The van der Waals surface area contributed by atoms with E-state index in [4.69, 9.17) is 9.84 Å². The lowest BCUT2D eigenvalue weighted by atomic mass is 10.3. The summed E-state index contributed by atoms with van der Waals surface area (Å²) in [5, 5.41) is 12.1. The predicted molar refractivity (Wildman–Crippen MR) is 84.3 cm³/mol. The van der Waals surface area contributed by atoms with Crippen LogP contribution in [-0.4, -0.2) is 23.6 Å². The number of aromatic carboxylic acids is 1. The van der Waals surface area contributed by atoms with Crippen LogP contribution in [0.4, 0.5) is 5.00 Å². The molecule has 1 aromatic heterocycles. The molecular formula is C14H12BrNO4S. The first-order chi connectivity index (χ1) is 9.95. The van der Waals surface area contributed by atoms with E-state index in [1.54, 1.807) is 31.2 Å². The first kappa shape index (κ1) is 15.5. The molecule has 1 amide bonds. The number of nitrogens with one attached hydrogen (secondary N) is 1. The van der Waals surface area contributed by atoms with Gasteiger partial charge in [0.1, 0.15) is 10.6 Å². The fourth-order valence-electron chi connectivity index (χ4n) is 1.64. The van der Waals surface area contributed by atoms with Crippen LogP contribution in [0.5, 0.6) is 5.75 Å². The molecule has 2 N–H and O–H groups in total. The Balaban J connectivity index is 1.93. The number of hydrogen-bond acceptors (Lipinski definition) is 4. The van der Waals surface area contributed by atoms with Crippen molar-refractivity contribution in [3.05, 3.63) is 45.2 Å². The van der Waals surface area contributed by atoms with Gasteiger partial charge in [-0.1, -0.05) is 22.0 Å². The van der Waals surface area contributed by atoms with E-state index in [1.165, 1.54) is 0 Å². The van der Waals surface area contributed by atoms with Gasteiger partial charge >= 0.3 is 5.97 Å². The number of amides is 1. The molecule has 21 heavy (non-hydrogen) atoms. The second kappa shape index (κ2) is 6.73. The van der Waals surface area contributed by atoms with Crippen molar-refractivity contribution in [3.8, 4) is 5.75 Å². The summed E-state index contributed by atoms with van der Waals surface area (Å²) in [5.41, 5.74) is 0.621. The molecule has 0 bridgehead atoms. The monoisotopic (exact) mass is 369 g/mol. The summed E-state index contributed by atoms with van der Waals surface area (Å²) >= 11 is 4.34. The molecule has 0 saturated heterocycles. The van der Waals surface area contributed by atoms with Gasteiger partial charge in [-0.3, -0.25) is 4.79 Å². The van der Waals surface area contributed by atoms with E-state index in [0.717, 1.165) is 15.8 Å². The SMILES string of the molecule is Cc1cc(NC(=O)COc2cccc(Br)c2)sc1C(=O)O. The Morgan fingerprint density at radius 3 is 2.76 bits per heavy atom. The van der Waals surface area contributed by atoms with Gasteiger partial charge in [-0.05, 0) is 36.8 Å². The second-order valence-electron chi connectivity index (χ2n) is 4.22. The number of carbonyl (C=O) groups is 2. The minimum absolute atomic E-state index is 0.143. The van der Waals surface area contributed by atoms with Gasteiger partial charge in [-0.2, -0.15) is 0 Å². The van der Waals surface area contributed by atoms with Gasteiger partial charge in [0.2, 0.25) is 0 Å². The summed E-state index contributed by atoms with van der Waals surface area (Å²) in [5.74, 6) is -0.760. The van der Waals surface area contributed by atoms with E-state index < -0.39 is 5.97 Å². The third-order valence-electron chi connectivity index (χ3n) is 2.54. The molecule has 0 aliphatic carbocycles. The molecular weight excluding hydrogens is 358 g/mol. The Morgan fingerprint density at radius 1 is 1.38 bits per heavy atom. The maximum Gasteiger partial charge on any atom is 0.346 e. The quantitative estimate of drug-likeness (QED) is 0.844. The lowest BCUT2D eigenvalue weighted by Crippen LogP contribution is -2.19. The average molecular weight is 370 g/mol. The smallest absolute Gasteiger partial charge is 0.346 e.